The fourth-order valence-corrected chi connectivity index (χ4v) is 3.83. The lowest BCUT2D eigenvalue weighted by atomic mass is 9.85. The van der Waals surface area contributed by atoms with E-state index in [9.17, 15) is 0 Å². The molecule has 1 aliphatic heterocycles. The normalized spacial score (nSPS) is 16.1. The smallest absolute Gasteiger partial charge is 0.193 e. The van der Waals surface area contributed by atoms with Crippen molar-refractivity contribution in [3.8, 4) is 5.75 Å². The zero-order chi connectivity index (χ0) is 22.3. The average Bonchev–Trinajstić information content (AvgIpc) is 3.31. The lowest BCUT2D eigenvalue weighted by Crippen LogP contribution is -2.46. The maximum atomic E-state index is 5.83. The largest absolute Gasteiger partial charge is 0.493 e. The zero-order valence-corrected chi connectivity index (χ0v) is 19.7. The first-order valence-electron chi connectivity index (χ1n) is 11.5. The predicted molar refractivity (Wildman–Crippen MR) is 126 cm³/mol. The second-order valence-electron chi connectivity index (χ2n) is 9.42. The van der Waals surface area contributed by atoms with E-state index >= 15 is 0 Å². The fraction of sp³-hybridized carbons (Fsp3) is 0.625. The number of aromatic nitrogens is 3. The highest BCUT2D eigenvalue weighted by atomic mass is 16.5. The van der Waals surface area contributed by atoms with Crippen LogP contribution in [0.2, 0.25) is 0 Å². The van der Waals surface area contributed by atoms with Gasteiger partial charge in [-0.05, 0) is 43.4 Å². The number of likely N-dealkylation sites (tertiary alicyclic amines) is 1. The van der Waals surface area contributed by atoms with Crippen molar-refractivity contribution in [1.29, 1.82) is 0 Å². The van der Waals surface area contributed by atoms with Gasteiger partial charge in [-0.15, -0.1) is 0 Å². The summed E-state index contributed by atoms with van der Waals surface area (Å²) < 4.78 is 5.83. The predicted octanol–water partition coefficient (Wildman–Crippen LogP) is 3.96. The van der Waals surface area contributed by atoms with Gasteiger partial charge in [-0.3, -0.25) is 10.1 Å². The molecule has 1 aromatic carbocycles. The van der Waals surface area contributed by atoms with Gasteiger partial charge in [0.05, 0.1) is 13.2 Å². The molecule has 1 fully saturated rings. The number of aliphatic imine (C=N–C) groups is 1. The number of aromatic amines is 1. The fourth-order valence-electron chi connectivity index (χ4n) is 3.83. The molecule has 31 heavy (non-hydrogen) atoms. The minimum atomic E-state index is -0.0601. The van der Waals surface area contributed by atoms with Crippen LogP contribution < -0.4 is 10.1 Å². The van der Waals surface area contributed by atoms with E-state index in [0.717, 1.165) is 63.2 Å². The summed E-state index contributed by atoms with van der Waals surface area (Å²) in [5.74, 6) is 3.91. The number of benzene rings is 1. The average molecular weight is 427 g/mol. The molecule has 2 aromatic rings. The number of nitrogens with zero attached hydrogens (tertiary/aromatic N) is 4. The second-order valence-corrected chi connectivity index (χ2v) is 9.42. The molecule has 2 N–H and O–H groups in total. The van der Waals surface area contributed by atoms with Gasteiger partial charge in [0, 0.05) is 31.0 Å². The third-order valence-corrected chi connectivity index (χ3v) is 5.79. The number of hydrogen-bond acceptors (Lipinski definition) is 4. The number of rotatable bonds is 8. The molecule has 7 nitrogen and oxygen atoms in total. The summed E-state index contributed by atoms with van der Waals surface area (Å²) in [5, 5.41) is 10.5. The van der Waals surface area contributed by atoms with E-state index in [0.29, 0.717) is 11.8 Å². The first-order chi connectivity index (χ1) is 14.9. The van der Waals surface area contributed by atoms with E-state index in [2.05, 4.69) is 84.3 Å². The Morgan fingerprint density at radius 3 is 2.55 bits per heavy atom. The SMILES string of the molecule is CCNC(=NCC(C)(C)c1ccc(OCC(C)C)cc1)N1CCC(c2ncn[nH]2)CC1. The Bertz CT molecular complexity index is 805. The number of hydrogen-bond donors (Lipinski definition) is 2. The van der Waals surface area contributed by atoms with Crippen LogP contribution in [0.15, 0.2) is 35.6 Å². The lowest BCUT2D eigenvalue weighted by molar-refractivity contribution is 0.271. The molecule has 0 amide bonds. The Morgan fingerprint density at radius 1 is 1.26 bits per heavy atom. The second kappa shape index (κ2) is 10.6. The summed E-state index contributed by atoms with van der Waals surface area (Å²) in [6, 6.07) is 8.48. The van der Waals surface area contributed by atoms with Gasteiger partial charge < -0.3 is 15.0 Å². The van der Waals surface area contributed by atoms with Crippen LogP contribution in [0.4, 0.5) is 0 Å². The summed E-state index contributed by atoms with van der Waals surface area (Å²) in [5.41, 5.74) is 1.21. The molecule has 0 unspecified atom stereocenters. The summed E-state index contributed by atoms with van der Waals surface area (Å²) in [6.07, 6.45) is 3.71. The maximum absolute atomic E-state index is 5.83. The Balaban J connectivity index is 1.61. The molecule has 7 heteroatoms. The molecule has 0 atom stereocenters. The number of piperidine rings is 1. The van der Waals surface area contributed by atoms with Gasteiger partial charge in [0.1, 0.15) is 17.9 Å². The number of nitrogens with one attached hydrogen (secondary N) is 2. The van der Waals surface area contributed by atoms with Gasteiger partial charge >= 0.3 is 0 Å². The van der Waals surface area contributed by atoms with Crippen LogP contribution in [0, 0.1) is 5.92 Å². The van der Waals surface area contributed by atoms with Crippen molar-refractivity contribution >= 4 is 5.96 Å². The van der Waals surface area contributed by atoms with Crippen molar-refractivity contribution < 1.29 is 4.74 Å². The molecule has 1 saturated heterocycles. The van der Waals surface area contributed by atoms with Crippen LogP contribution in [0.1, 0.15) is 64.8 Å². The van der Waals surface area contributed by atoms with Crippen molar-refractivity contribution in [3.63, 3.8) is 0 Å². The third kappa shape index (κ3) is 6.45. The Kier molecular flexibility index (Phi) is 7.93. The standard InChI is InChI=1S/C24H38N6O/c1-6-25-23(30-13-11-19(12-14-30)22-27-17-28-29-22)26-16-24(4,5)20-7-9-21(10-8-20)31-15-18(2)3/h7-10,17-19H,6,11-16H2,1-5H3,(H,25,26)(H,27,28,29). The van der Waals surface area contributed by atoms with E-state index in [1.165, 1.54) is 5.56 Å². The van der Waals surface area contributed by atoms with Crippen LogP contribution in [0.25, 0.3) is 0 Å². The number of guanidine groups is 1. The molecule has 0 spiro atoms. The molecule has 1 aliphatic rings. The van der Waals surface area contributed by atoms with Crippen molar-refractivity contribution in [2.75, 3.05) is 32.8 Å². The minimum absolute atomic E-state index is 0.0601. The minimum Gasteiger partial charge on any atom is -0.493 e. The molecule has 2 heterocycles. The molecule has 0 bridgehead atoms. The van der Waals surface area contributed by atoms with Crippen LogP contribution in [-0.2, 0) is 5.41 Å². The molecule has 0 aliphatic carbocycles. The van der Waals surface area contributed by atoms with Gasteiger partial charge in [-0.2, -0.15) is 5.10 Å². The van der Waals surface area contributed by atoms with E-state index < -0.39 is 0 Å². The Morgan fingerprint density at radius 2 is 1.97 bits per heavy atom. The van der Waals surface area contributed by atoms with Crippen LogP contribution >= 0.6 is 0 Å². The van der Waals surface area contributed by atoms with E-state index in [1.807, 2.05) is 0 Å². The van der Waals surface area contributed by atoms with Gasteiger partial charge in [0.25, 0.3) is 0 Å². The molecule has 0 saturated carbocycles. The van der Waals surface area contributed by atoms with Gasteiger partial charge in [-0.25, -0.2) is 4.98 Å². The summed E-state index contributed by atoms with van der Waals surface area (Å²) >= 11 is 0. The third-order valence-electron chi connectivity index (χ3n) is 5.79. The molecule has 3 rings (SSSR count). The van der Waals surface area contributed by atoms with Crippen molar-refractivity contribution in [2.45, 2.75) is 58.8 Å². The van der Waals surface area contributed by atoms with Crippen LogP contribution in [0.3, 0.4) is 0 Å². The Hall–Kier alpha value is -2.57. The summed E-state index contributed by atoms with van der Waals surface area (Å²) in [7, 11) is 0. The maximum Gasteiger partial charge on any atom is 0.193 e. The zero-order valence-electron chi connectivity index (χ0n) is 19.7. The molecular formula is C24H38N6O. The molecular weight excluding hydrogens is 388 g/mol. The molecule has 0 radical (unpaired) electrons. The van der Waals surface area contributed by atoms with Crippen LogP contribution in [-0.4, -0.2) is 58.8 Å². The van der Waals surface area contributed by atoms with Crippen molar-refractivity contribution in [2.24, 2.45) is 10.9 Å². The number of ether oxygens (including phenoxy) is 1. The van der Waals surface area contributed by atoms with Crippen molar-refractivity contribution in [3.05, 3.63) is 42.0 Å². The van der Waals surface area contributed by atoms with Gasteiger partial charge in [0.2, 0.25) is 0 Å². The van der Waals surface area contributed by atoms with Gasteiger partial charge in [0.15, 0.2) is 5.96 Å². The number of H-pyrrole nitrogens is 1. The highest BCUT2D eigenvalue weighted by Gasteiger charge is 2.26. The van der Waals surface area contributed by atoms with Crippen LogP contribution in [0.5, 0.6) is 5.75 Å². The first-order valence-corrected chi connectivity index (χ1v) is 11.5. The van der Waals surface area contributed by atoms with E-state index in [4.69, 9.17) is 9.73 Å². The highest BCUT2D eigenvalue weighted by Crippen LogP contribution is 2.27. The molecule has 1 aromatic heterocycles. The summed E-state index contributed by atoms with van der Waals surface area (Å²) in [4.78, 5) is 11.7. The lowest BCUT2D eigenvalue weighted by Gasteiger charge is -2.34. The Labute approximate surface area is 186 Å². The van der Waals surface area contributed by atoms with Gasteiger partial charge in [-0.1, -0.05) is 39.8 Å². The first kappa shape index (κ1) is 23.1. The summed E-state index contributed by atoms with van der Waals surface area (Å²) in [6.45, 7) is 15.2. The van der Waals surface area contributed by atoms with E-state index in [1.54, 1.807) is 6.33 Å². The van der Waals surface area contributed by atoms with Crippen molar-refractivity contribution in [1.82, 2.24) is 25.4 Å². The quantitative estimate of drug-likeness (QED) is 0.493. The van der Waals surface area contributed by atoms with E-state index in [-0.39, 0.29) is 5.41 Å². The topological polar surface area (TPSA) is 78.4 Å². The highest BCUT2D eigenvalue weighted by molar-refractivity contribution is 5.80. The molecule has 170 valence electrons. The monoisotopic (exact) mass is 426 g/mol.